The molecular formula is C15H14ClN3O5S. The predicted octanol–water partition coefficient (Wildman–Crippen LogP) is 2.90. The molecular weight excluding hydrogens is 370 g/mol. The zero-order chi connectivity index (χ0) is 18.8. The van der Waals surface area contributed by atoms with E-state index in [2.05, 4.69) is 5.32 Å². The molecule has 1 amide bonds. The highest BCUT2D eigenvalue weighted by atomic mass is 35.5. The van der Waals surface area contributed by atoms with Crippen LogP contribution in [0.5, 0.6) is 0 Å². The molecule has 25 heavy (non-hydrogen) atoms. The van der Waals surface area contributed by atoms with Gasteiger partial charge in [-0.2, -0.15) is 0 Å². The number of benzene rings is 2. The van der Waals surface area contributed by atoms with Crippen LogP contribution in [-0.2, 0) is 10.0 Å². The van der Waals surface area contributed by atoms with Gasteiger partial charge in [0.1, 0.15) is 0 Å². The topological polar surface area (TPSA) is 110 Å². The minimum atomic E-state index is -3.45. The van der Waals surface area contributed by atoms with Gasteiger partial charge in [-0.05, 0) is 24.3 Å². The summed E-state index contributed by atoms with van der Waals surface area (Å²) in [6.45, 7) is 0. The normalized spacial score (nSPS) is 11.0. The zero-order valence-electron chi connectivity index (χ0n) is 13.3. The van der Waals surface area contributed by atoms with E-state index in [4.69, 9.17) is 11.6 Å². The van der Waals surface area contributed by atoms with Gasteiger partial charge in [0.25, 0.3) is 11.6 Å². The molecule has 8 nitrogen and oxygen atoms in total. The Balaban J connectivity index is 2.30. The molecule has 2 aromatic carbocycles. The number of nitro benzene ring substituents is 1. The molecule has 0 saturated heterocycles. The fourth-order valence-corrected chi connectivity index (χ4v) is 2.67. The Morgan fingerprint density at radius 1 is 1.24 bits per heavy atom. The highest BCUT2D eigenvalue weighted by Crippen LogP contribution is 2.25. The van der Waals surface area contributed by atoms with E-state index in [-0.39, 0.29) is 16.3 Å². The van der Waals surface area contributed by atoms with Crippen molar-refractivity contribution in [3.8, 4) is 0 Å². The summed E-state index contributed by atoms with van der Waals surface area (Å²) in [5.74, 6) is -0.646. The third kappa shape index (κ3) is 4.46. The van der Waals surface area contributed by atoms with E-state index >= 15 is 0 Å². The summed E-state index contributed by atoms with van der Waals surface area (Å²) in [7, 11) is -2.07. The van der Waals surface area contributed by atoms with Crippen molar-refractivity contribution >= 4 is 44.6 Å². The molecule has 0 spiro atoms. The van der Waals surface area contributed by atoms with Gasteiger partial charge in [-0.1, -0.05) is 17.7 Å². The van der Waals surface area contributed by atoms with Crippen LogP contribution >= 0.6 is 11.6 Å². The Kier molecular flexibility index (Phi) is 5.29. The van der Waals surface area contributed by atoms with Gasteiger partial charge >= 0.3 is 0 Å². The maximum absolute atomic E-state index is 12.3. The van der Waals surface area contributed by atoms with Gasteiger partial charge in [-0.15, -0.1) is 0 Å². The van der Waals surface area contributed by atoms with Crippen LogP contribution in [0, 0.1) is 10.1 Å². The predicted molar refractivity (Wildman–Crippen MR) is 95.7 cm³/mol. The van der Waals surface area contributed by atoms with Crippen LogP contribution in [0.3, 0.4) is 0 Å². The molecule has 0 aliphatic heterocycles. The Morgan fingerprint density at radius 3 is 2.52 bits per heavy atom. The van der Waals surface area contributed by atoms with E-state index in [1.807, 2.05) is 0 Å². The first-order valence-corrected chi connectivity index (χ1v) is 9.11. The summed E-state index contributed by atoms with van der Waals surface area (Å²) in [4.78, 5) is 22.5. The second kappa shape index (κ2) is 7.08. The molecule has 0 aliphatic carbocycles. The number of sulfonamides is 1. The number of halogens is 1. The van der Waals surface area contributed by atoms with Crippen LogP contribution in [0.15, 0.2) is 42.5 Å². The summed E-state index contributed by atoms with van der Waals surface area (Å²) in [5, 5.41) is 13.4. The molecule has 0 radical (unpaired) electrons. The molecule has 10 heteroatoms. The van der Waals surface area contributed by atoms with Gasteiger partial charge < -0.3 is 5.32 Å². The van der Waals surface area contributed by atoms with Crippen molar-refractivity contribution < 1.29 is 18.1 Å². The number of rotatable bonds is 5. The van der Waals surface area contributed by atoms with Crippen molar-refractivity contribution in [3.05, 3.63) is 63.2 Å². The average Bonchev–Trinajstić information content (AvgIpc) is 2.53. The summed E-state index contributed by atoms with van der Waals surface area (Å²) in [5.41, 5.74) is 0.351. The molecule has 0 heterocycles. The summed E-state index contributed by atoms with van der Waals surface area (Å²) >= 11 is 5.93. The largest absolute Gasteiger partial charge is 0.322 e. The molecule has 0 bridgehead atoms. The van der Waals surface area contributed by atoms with Crippen LogP contribution in [0.25, 0.3) is 0 Å². The van der Waals surface area contributed by atoms with Gasteiger partial charge in [0, 0.05) is 24.9 Å². The van der Waals surface area contributed by atoms with E-state index < -0.39 is 20.9 Å². The SMILES string of the molecule is CN(c1cccc(NC(=O)c2cc([N+](=O)[O-])ccc2Cl)c1)S(C)(=O)=O. The molecule has 132 valence electrons. The van der Waals surface area contributed by atoms with E-state index in [1.165, 1.54) is 25.2 Å². The molecule has 0 aliphatic rings. The first-order valence-electron chi connectivity index (χ1n) is 6.89. The van der Waals surface area contributed by atoms with Gasteiger partial charge in [0.15, 0.2) is 0 Å². The second-order valence-electron chi connectivity index (χ2n) is 5.16. The van der Waals surface area contributed by atoms with E-state index in [1.54, 1.807) is 18.2 Å². The number of amides is 1. The molecule has 1 N–H and O–H groups in total. The number of non-ortho nitro benzene ring substituents is 1. The van der Waals surface area contributed by atoms with Crippen LogP contribution in [0.2, 0.25) is 5.02 Å². The Morgan fingerprint density at radius 2 is 1.92 bits per heavy atom. The lowest BCUT2D eigenvalue weighted by Gasteiger charge is -2.17. The molecule has 0 atom stereocenters. The van der Waals surface area contributed by atoms with Gasteiger partial charge in [-0.3, -0.25) is 19.2 Å². The maximum Gasteiger partial charge on any atom is 0.270 e. The fraction of sp³-hybridized carbons (Fsp3) is 0.133. The van der Waals surface area contributed by atoms with E-state index in [0.717, 1.165) is 16.6 Å². The fourth-order valence-electron chi connectivity index (χ4n) is 1.97. The maximum atomic E-state index is 12.3. The molecule has 2 aromatic rings. The standard InChI is InChI=1S/C15H14ClN3O5S/c1-18(25(2,23)24)11-5-3-4-10(8-11)17-15(20)13-9-12(19(21)22)6-7-14(13)16/h3-9H,1-2H3,(H,17,20). The van der Waals surface area contributed by atoms with Gasteiger partial charge in [-0.25, -0.2) is 8.42 Å². The highest BCUT2D eigenvalue weighted by Gasteiger charge is 2.17. The lowest BCUT2D eigenvalue weighted by atomic mass is 10.1. The third-order valence-corrected chi connectivity index (χ3v) is 4.91. The monoisotopic (exact) mass is 383 g/mol. The van der Waals surface area contributed by atoms with Crippen LogP contribution in [-0.4, -0.2) is 32.6 Å². The minimum Gasteiger partial charge on any atom is -0.322 e. The van der Waals surface area contributed by atoms with Gasteiger partial charge in [0.2, 0.25) is 10.0 Å². The first-order chi connectivity index (χ1) is 11.6. The van der Waals surface area contributed by atoms with Crippen LogP contribution < -0.4 is 9.62 Å². The van der Waals surface area contributed by atoms with E-state index in [9.17, 15) is 23.3 Å². The number of nitro groups is 1. The zero-order valence-corrected chi connectivity index (χ0v) is 14.8. The summed E-state index contributed by atoms with van der Waals surface area (Å²) < 4.78 is 24.2. The Bertz CT molecular complexity index is 946. The lowest BCUT2D eigenvalue weighted by Crippen LogP contribution is -2.24. The van der Waals surface area contributed by atoms with Crippen molar-refractivity contribution in [1.82, 2.24) is 0 Å². The van der Waals surface area contributed by atoms with Gasteiger partial charge in [0.05, 0.1) is 27.5 Å². The average molecular weight is 384 g/mol. The molecule has 0 unspecified atom stereocenters. The van der Waals surface area contributed by atoms with Crippen molar-refractivity contribution in [2.45, 2.75) is 0 Å². The minimum absolute atomic E-state index is 0.0577. The number of anilines is 2. The van der Waals surface area contributed by atoms with Crippen molar-refractivity contribution in [2.24, 2.45) is 0 Å². The third-order valence-electron chi connectivity index (χ3n) is 3.37. The summed E-state index contributed by atoms with van der Waals surface area (Å²) in [6.07, 6.45) is 1.06. The second-order valence-corrected chi connectivity index (χ2v) is 7.58. The van der Waals surface area contributed by atoms with Crippen molar-refractivity contribution in [1.29, 1.82) is 0 Å². The summed E-state index contributed by atoms with van der Waals surface area (Å²) in [6, 6.07) is 9.69. The van der Waals surface area contributed by atoms with Crippen LogP contribution in [0.1, 0.15) is 10.4 Å². The molecule has 0 aromatic heterocycles. The van der Waals surface area contributed by atoms with Crippen LogP contribution in [0.4, 0.5) is 17.1 Å². The van der Waals surface area contributed by atoms with Crippen molar-refractivity contribution in [3.63, 3.8) is 0 Å². The highest BCUT2D eigenvalue weighted by molar-refractivity contribution is 7.92. The number of carbonyl (C=O) groups is 1. The molecule has 2 rings (SSSR count). The number of nitrogens with one attached hydrogen (secondary N) is 1. The molecule has 0 fully saturated rings. The number of hydrogen-bond donors (Lipinski definition) is 1. The van der Waals surface area contributed by atoms with E-state index in [0.29, 0.717) is 11.4 Å². The van der Waals surface area contributed by atoms with Crippen molar-refractivity contribution in [2.75, 3.05) is 22.9 Å². The quantitative estimate of drug-likeness (QED) is 0.630. The number of carbonyl (C=O) groups excluding carboxylic acids is 1. The smallest absolute Gasteiger partial charge is 0.270 e. The first kappa shape index (κ1) is 18.7. The molecule has 0 saturated carbocycles. The number of nitrogens with zero attached hydrogens (tertiary/aromatic N) is 2. The Hall–Kier alpha value is -2.65. The lowest BCUT2D eigenvalue weighted by molar-refractivity contribution is -0.384. The number of hydrogen-bond acceptors (Lipinski definition) is 5. The Labute approximate surface area is 149 Å².